The molecule has 1 heterocycles. The van der Waals surface area contributed by atoms with E-state index in [2.05, 4.69) is 10.2 Å². The molecule has 21 heavy (non-hydrogen) atoms. The van der Waals surface area contributed by atoms with Crippen LogP contribution in [0.1, 0.15) is 17.3 Å². The Bertz CT molecular complexity index is 561. The number of carboxylic acid groups (broad SMARTS) is 1. The Labute approximate surface area is 122 Å². The van der Waals surface area contributed by atoms with Crippen molar-refractivity contribution in [1.29, 1.82) is 0 Å². The average Bonchev–Trinajstić information content (AvgIpc) is 2.43. The van der Waals surface area contributed by atoms with E-state index in [4.69, 9.17) is 5.11 Å². The van der Waals surface area contributed by atoms with Crippen LogP contribution in [0.4, 0.5) is 10.5 Å². The minimum absolute atomic E-state index is 0.103. The van der Waals surface area contributed by atoms with Crippen molar-refractivity contribution >= 4 is 17.7 Å². The van der Waals surface area contributed by atoms with Crippen LogP contribution in [0.3, 0.4) is 0 Å². The highest BCUT2D eigenvalue weighted by atomic mass is 16.4. The lowest BCUT2D eigenvalue weighted by Crippen LogP contribution is -2.53. The Morgan fingerprint density at radius 2 is 2.05 bits per heavy atom. The number of nitrogens with one attached hydrogen (secondary N) is 1. The number of anilines is 1. The van der Waals surface area contributed by atoms with E-state index in [1.54, 1.807) is 4.90 Å². The standard InChI is InChI=1S/C14H19N3O4/c1-9-8-17(7-6-16(9)2)14(21)15-11-5-3-4-10(12(11)18)13(19)20/h3-5,9,18H,6-8H2,1-2H3,(H,15,21)(H,19,20). The Balaban J connectivity index is 2.10. The molecule has 0 radical (unpaired) electrons. The number of para-hydroxylation sites is 1. The largest absolute Gasteiger partial charge is 0.505 e. The van der Waals surface area contributed by atoms with Gasteiger partial charge < -0.3 is 25.3 Å². The molecule has 114 valence electrons. The quantitative estimate of drug-likeness (QED) is 0.714. The first-order chi connectivity index (χ1) is 9.90. The van der Waals surface area contributed by atoms with Gasteiger partial charge in [0.15, 0.2) is 5.75 Å². The van der Waals surface area contributed by atoms with Gasteiger partial charge in [0.2, 0.25) is 0 Å². The van der Waals surface area contributed by atoms with E-state index in [1.165, 1.54) is 18.2 Å². The maximum absolute atomic E-state index is 12.2. The normalized spacial score (nSPS) is 19.3. The molecule has 0 saturated carbocycles. The van der Waals surface area contributed by atoms with Gasteiger partial charge in [-0.05, 0) is 26.1 Å². The van der Waals surface area contributed by atoms with Crippen LogP contribution in [-0.4, -0.2) is 64.7 Å². The number of phenols is 1. The molecular weight excluding hydrogens is 274 g/mol. The maximum atomic E-state index is 12.2. The number of hydrogen-bond acceptors (Lipinski definition) is 4. The van der Waals surface area contributed by atoms with Gasteiger partial charge in [0, 0.05) is 25.7 Å². The number of carbonyl (C=O) groups excluding carboxylic acids is 1. The zero-order chi connectivity index (χ0) is 15.6. The molecule has 7 heteroatoms. The van der Waals surface area contributed by atoms with Crippen LogP contribution in [0.5, 0.6) is 5.75 Å². The zero-order valence-electron chi connectivity index (χ0n) is 12.0. The molecule has 7 nitrogen and oxygen atoms in total. The number of aromatic hydroxyl groups is 1. The predicted molar refractivity (Wildman–Crippen MR) is 77.7 cm³/mol. The number of amides is 2. The Morgan fingerprint density at radius 1 is 1.33 bits per heavy atom. The monoisotopic (exact) mass is 293 g/mol. The summed E-state index contributed by atoms with van der Waals surface area (Å²) >= 11 is 0. The van der Waals surface area contributed by atoms with Gasteiger partial charge in [0.25, 0.3) is 0 Å². The maximum Gasteiger partial charge on any atom is 0.339 e. The summed E-state index contributed by atoms with van der Waals surface area (Å²) in [5, 5.41) is 21.4. The topological polar surface area (TPSA) is 93.1 Å². The van der Waals surface area contributed by atoms with Crippen molar-refractivity contribution in [3.8, 4) is 5.75 Å². The summed E-state index contributed by atoms with van der Waals surface area (Å²) in [5.41, 5.74) is -0.133. The number of nitrogens with zero attached hydrogens (tertiary/aromatic N) is 2. The summed E-state index contributed by atoms with van der Waals surface area (Å²) in [6.07, 6.45) is 0. The van der Waals surface area contributed by atoms with Gasteiger partial charge in [-0.25, -0.2) is 9.59 Å². The SMILES string of the molecule is CC1CN(C(=O)Nc2cccc(C(=O)O)c2O)CCN1C. The van der Waals surface area contributed by atoms with E-state index >= 15 is 0 Å². The average molecular weight is 293 g/mol. The number of carbonyl (C=O) groups is 2. The summed E-state index contributed by atoms with van der Waals surface area (Å²) in [6, 6.07) is 4.15. The van der Waals surface area contributed by atoms with E-state index in [9.17, 15) is 14.7 Å². The van der Waals surface area contributed by atoms with Gasteiger partial charge >= 0.3 is 12.0 Å². The molecule has 1 atom stereocenters. The van der Waals surface area contributed by atoms with Crippen molar-refractivity contribution in [2.24, 2.45) is 0 Å². The number of likely N-dealkylation sites (N-methyl/N-ethyl adjacent to an activating group) is 1. The fourth-order valence-electron chi connectivity index (χ4n) is 2.24. The summed E-state index contributed by atoms with van der Waals surface area (Å²) in [5.74, 6) is -1.67. The highest BCUT2D eigenvalue weighted by Crippen LogP contribution is 2.27. The van der Waals surface area contributed by atoms with E-state index in [0.29, 0.717) is 13.1 Å². The first-order valence-electron chi connectivity index (χ1n) is 6.71. The number of hydrogen-bond donors (Lipinski definition) is 3. The fraction of sp³-hybridized carbons (Fsp3) is 0.429. The van der Waals surface area contributed by atoms with E-state index in [1.807, 2.05) is 14.0 Å². The molecule has 0 aromatic heterocycles. The number of piperazine rings is 1. The molecule has 1 fully saturated rings. The van der Waals surface area contributed by atoms with Gasteiger partial charge in [-0.2, -0.15) is 0 Å². The number of urea groups is 1. The molecule has 1 aliphatic rings. The molecule has 1 aliphatic heterocycles. The van der Waals surface area contributed by atoms with Crippen LogP contribution in [0.15, 0.2) is 18.2 Å². The summed E-state index contributed by atoms with van der Waals surface area (Å²) in [7, 11) is 2.00. The molecule has 0 bridgehead atoms. The van der Waals surface area contributed by atoms with Gasteiger partial charge in [-0.3, -0.25) is 0 Å². The smallest absolute Gasteiger partial charge is 0.339 e. The summed E-state index contributed by atoms with van der Waals surface area (Å²) < 4.78 is 0. The third-order valence-corrected chi connectivity index (χ3v) is 3.75. The fourth-order valence-corrected chi connectivity index (χ4v) is 2.24. The molecule has 2 amide bonds. The van der Waals surface area contributed by atoms with Gasteiger partial charge in [0.05, 0.1) is 5.69 Å². The number of rotatable bonds is 2. The second-order valence-electron chi connectivity index (χ2n) is 5.21. The summed E-state index contributed by atoms with van der Waals surface area (Å²) in [4.78, 5) is 27.0. The minimum Gasteiger partial charge on any atom is -0.505 e. The molecule has 1 unspecified atom stereocenters. The lowest BCUT2D eigenvalue weighted by atomic mass is 10.1. The van der Waals surface area contributed by atoms with Crippen molar-refractivity contribution in [1.82, 2.24) is 9.80 Å². The lowest BCUT2D eigenvalue weighted by Gasteiger charge is -2.37. The Hall–Kier alpha value is -2.28. The van der Waals surface area contributed by atoms with Crippen LogP contribution in [0.2, 0.25) is 0 Å². The molecular formula is C14H19N3O4. The number of aromatic carboxylic acids is 1. The van der Waals surface area contributed by atoms with Crippen LogP contribution in [0, 0.1) is 0 Å². The van der Waals surface area contributed by atoms with Crippen molar-refractivity contribution < 1.29 is 19.8 Å². The molecule has 3 N–H and O–H groups in total. The third-order valence-electron chi connectivity index (χ3n) is 3.75. The summed E-state index contributed by atoms with van der Waals surface area (Å²) in [6.45, 7) is 3.98. The lowest BCUT2D eigenvalue weighted by molar-refractivity contribution is 0.0693. The number of carboxylic acids is 1. The molecule has 0 aliphatic carbocycles. The van der Waals surface area contributed by atoms with E-state index in [-0.39, 0.29) is 23.3 Å². The molecule has 1 aromatic carbocycles. The number of benzene rings is 1. The van der Waals surface area contributed by atoms with Gasteiger partial charge in [-0.1, -0.05) is 6.07 Å². The Kier molecular flexibility index (Phi) is 4.32. The zero-order valence-corrected chi connectivity index (χ0v) is 12.0. The second-order valence-corrected chi connectivity index (χ2v) is 5.21. The molecule has 1 saturated heterocycles. The van der Waals surface area contributed by atoms with Crippen molar-refractivity contribution in [3.63, 3.8) is 0 Å². The molecule has 2 rings (SSSR count). The van der Waals surface area contributed by atoms with Gasteiger partial charge in [-0.15, -0.1) is 0 Å². The van der Waals surface area contributed by atoms with Crippen LogP contribution in [0.25, 0.3) is 0 Å². The van der Waals surface area contributed by atoms with Crippen molar-refractivity contribution in [3.05, 3.63) is 23.8 Å². The van der Waals surface area contributed by atoms with Gasteiger partial charge in [0.1, 0.15) is 5.56 Å². The van der Waals surface area contributed by atoms with E-state index < -0.39 is 11.7 Å². The first-order valence-corrected chi connectivity index (χ1v) is 6.71. The first kappa shape index (κ1) is 15.1. The van der Waals surface area contributed by atoms with E-state index in [0.717, 1.165) is 6.54 Å². The molecule has 1 aromatic rings. The van der Waals surface area contributed by atoms with Crippen molar-refractivity contribution in [2.45, 2.75) is 13.0 Å². The molecule has 0 spiro atoms. The predicted octanol–water partition coefficient (Wildman–Crippen LogP) is 1.26. The van der Waals surface area contributed by atoms with Crippen LogP contribution in [-0.2, 0) is 0 Å². The minimum atomic E-state index is -1.24. The van der Waals surface area contributed by atoms with Crippen molar-refractivity contribution in [2.75, 3.05) is 32.0 Å². The Morgan fingerprint density at radius 3 is 2.67 bits per heavy atom. The van der Waals surface area contributed by atoms with Crippen LogP contribution >= 0.6 is 0 Å². The van der Waals surface area contributed by atoms with Crippen LogP contribution < -0.4 is 5.32 Å². The second kappa shape index (κ2) is 6.01. The highest BCUT2D eigenvalue weighted by Gasteiger charge is 2.25. The third kappa shape index (κ3) is 3.25. The highest BCUT2D eigenvalue weighted by molar-refractivity contribution is 5.97.